The van der Waals surface area contributed by atoms with Crippen molar-refractivity contribution < 1.29 is 14.3 Å². The third kappa shape index (κ3) is 5.98. The maximum Gasteiger partial charge on any atom is 0.305 e. The number of aryl methyl sites for hydroxylation is 1. The molecule has 114 valence electrons. The highest BCUT2D eigenvalue weighted by molar-refractivity contribution is 7.14. The topological polar surface area (TPSA) is 81.4 Å². The van der Waals surface area contributed by atoms with Crippen LogP contribution in [0.4, 0.5) is 0 Å². The molecule has 0 radical (unpaired) electrons. The Morgan fingerprint density at radius 3 is 2.90 bits per heavy atom. The molecule has 1 aromatic rings. The molecule has 1 heterocycles. The van der Waals surface area contributed by atoms with Crippen LogP contribution in [0.25, 0.3) is 0 Å². The standard InChI is InChI=1S/C15H20N2O3S/c1-3-20-14(18)7-5-9-17-15(19)13-10-11(2)12(21-13)6-4-8-16/h10H,3,5,7-9,16H2,1-2H3,(H,17,19). The predicted molar refractivity (Wildman–Crippen MR) is 83.2 cm³/mol. The van der Waals surface area contributed by atoms with Gasteiger partial charge in [-0.2, -0.15) is 0 Å². The van der Waals surface area contributed by atoms with Crippen molar-refractivity contribution in [2.75, 3.05) is 19.7 Å². The summed E-state index contributed by atoms with van der Waals surface area (Å²) >= 11 is 1.35. The van der Waals surface area contributed by atoms with Crippen LogP contribution >= 0.6 is 11.3 Å². The maximum absolute atomic E-state index is 12.0. The number of carbonyl (C=O) groups is 2. The number of amides is 1. The summed E-state index contributed by atoms with van der Waals surface area (Å²) in [7, 11) is 0. The van der Waals surface area contributed by atoms with Crippen LogP contribution in [0, 0.1) is 18.8 Å². The Bertz CT molecular complexity index is 555. The minimum atomic E-state index is -0.238. The number of carbonyl (C=O) groups excluding carboxylic acids is 2. The van der Waals surface area contributed by atoms with E-state index in [-0.39, 0.29) is 11.9 Å². The SMILES string of the molecule is CCOC(=O)CCCNC(=O)c1cc(C)c(C#CCN)s1. The Balaban J connectivity index is 2.44. The van der Waals surface area contributed by atoms with Gasteiger partial charge in [0, 0.05) is 13.0 Å². The van der Waals surface area contributed by atoms with Crippen LogP contribution < -0.4 is 11.1 Å². The fraction of sp³-hybridized carbons (Fsp3) is 0.467. The summed E-state index contributed by atoms with van der Waals surface area (Å²) < 4.78 is 4.82. The van der Waals surface area contributed by atoms with Gasteiger partial charge in [0.15, 0.2) is 0 Å². The van der Waals surface area contributed by atoms with Crippen LogP contribution in [-0.2, 0) is 9.53 Å². The number of hydrogen-bond acceptors (Lipinski definition) is 5. The lowest BCUT2D eigenvalue weighted by Crippen LogP contribution is -2.24. The molecular formula is C15H20N2O3S. The number of thiophene rings is 1. The van der Waals surface area contributed by atoms with Gasteiger partial charge in [-0.05, 0) is 31.9 Å². The molecule has 3 N–H and O–H groups in total. The average Bonchev–Trinajstić information content (AvgIpc) is 2.83. The first-order valence-corrected chi connectivity index (χ1v) is 7.63. The minimum Gasteiger partial charge on any atom is -0.466 e. The van der Waals surface area contributed by atoms with E-state index in [9.17, 15) is 9.59 Å². The van der Waals surface area contributed by atoms with Crippen LogP contribution in [0.5, 0.6) is 0 Å². The van der Waals surface area contributed by atoms with E-state index in [1.165, 1.54) is 11.3 Å². The molecule has 0 aromatic carbocycles. The van der Waals surface area contributed by atoms with Gasteiger partial charge in [-0.25, -0.2) is 0 Å². The van der Waals surface area contributed by atoms with E-state index in [0.717, 1.165) is 10.4 Å². The number of esters is 1. The van der Waals surface area contributed by atoms with Gasteiger partial charge >= 0.3 is 5.97 Å². The smallest absolute Gasteiger partial charge is 0.305 e. The summed E-state index contributed by atoms with van der Waals surface area (Å²) in [6.07, 6.45) is 0.875. The van der Waals surface area contributed by atoms with Crippen LogP contribution in [0.1, 0.15) is 39.9 Å². The molecule has 21 heavy (non-hydrogen) atoms. The third-order valence-corrected chi connectivity index (χ3v) is 3.75. The zero-order chi connectivity index (χ0) is 15.7. The highest BCUT2D eigenvalue weighted by atomic mass is 32.1. The molecule has 1 rings (SSSR count). The van der Waals surface area contributed by atoms with Crippen molar-refractivity contribution in [3.05, 3.63) is 21.4 Å². The van der Waals surface area contributed by atoms with Gasteiger partial charge in [-0.15, -0.1) is 11.3 Å². The molecule has 0 saturated carbocycles. The number of nitrogens with one attached hydrogen (secondary N) is 1. The summed E-state index contributed by atoms with van der Waals surface area (Å²) in [5.41, 5.74) is 6.30. The van der Waals surface area contributed by atoms with Crippen molar-refractivity contribution in [1.29, 1.82) is 0 Å². The van der Waals surface area contributed by atoms with Crippen molar-refractivity contribution in [2.24, 2.45) is 5.73 Å². The monoisotopic (exact) mass is 308 g/mol. The summed E-state index contributed by atoms with van der Waals surface area (Å²) in [6.45, 7) is 4.80. The lowest BCUT2D eigenvalue weighted by molar-refractivity contribution is -0.143. The fourth-order valence-electron chi connectivity index (χ4n) is 1.60. The van der Waals surface area contributed by atoms with E-state index in [4.69, 9.17) is 10.5 Å². The van der Waals surface area contributed by atoms with E-state index in [1.807, 2.05) is 13.0 Å². The van der Waals surface area contributed by atoms with Crippen LogP contribution in [-0.4, -0.2) is 31.6 Å². The number of rotatable bonds is 6. The van der Waals surface area contributed by atoms with Gasteiger partial charge in [-0.3, -0.25) is 9.59 Å². The molecule has 1 aromatic heterocycles. The minimum absolute atomic E-state index is 0.146. The molecule has 0 aliphatic heterocycles. The second-order valence-electron chi connectivity index (χ2n) is 4.29. The van der Waals surface area contributed by atoms with E-state index < -0.39 is 0 Å². The van der Waals surface area contributed by atoms with Gasteiger partial charge in [0.2, 0.25) is 0 Å². The van der Waals surface area contributed by atoms with Gasteiger partial charge in [-0.1, -0.05) is 11.8 Å². The summed E-state index contributed by atoms with van der Waals surface area (Å²) in [5.74, 6) is 5.34. The van der Waals surface area contributed by atoms with Crippen LogP contribution in [0.2, 0.25) is 0 Å². The summed E-state index contributed by atoms with van der Waals surface area (Å²) in [6, 6.07) is 1.81. The Kier molecular flexibility index (Phi) is 7.51. The second-order valence-corrected chi connectivity index (χ2v) is 5.35. The van der Waals surface area contributed by atoms with Gasteiger partial charge in [0.25, 0.3) is 5.91 Å². The van der Waals surface area contributed by atoms with Crippen molar-refractivity contribution in [3.8, 4) is 11.8 Å². The highest BCUT2D eigenvalue weighted by Crippen LogP contribution is 2.20. The molecule has 0 unspecified atom stereocenters. The van der Waals surface area contributed by atoms with Crippen LogP contribution in [0.3, 0.4) is 0 Å². The van der Waals surface area contributed by atoms with E-state index in [2.05, 4.69) is 17.2 Å². The molecule has 1 amide bonds. The third-order valence-electron chi connectivity index (χ3n) is 2.59. The van der Waals surface area contributed by atoms with Crippen molar-refractivity contribution in [1.82, 2.24) is 5.32 Å². The van der Waals surface area contributed by atoms with Gasteiger partial charge in [0.1, 0.15) is 0 Å². The molecule has 0 aliphatic rings. The number of nitrogens with two attached hydrogens (primary N) is 1. The second kappa shape index (κ2) is 9.16. The van der Waals surface area contributed by atoms with E-state index >= 15 is 0 Å². The summed E-state index contributed by atoms with van der Waals surface area (Å²) in [5, 5.41) is 2.78. The first-order chi connectivity index (χ1) is 10.1. The Morgan fingerprint density at radius 2 is 2.24 bits per heavy atom. The zero-order valence-corrected chi connectivity index (χ0v) is 13.1. The van der Waals surface area contributed by atoms with Crippen molar-refractivity contribution in [2.45, 2.75) is 26.7 Å². The number of ether oxygens (including phenoxy) is 1. The van der Waals surface area contributed by atoms with Crippen LogP contribution in [0.15, 0.2) is 6.07 Å². The zero-order valence-electron chi connectivity index (χ0n) is 12.3. The Morgan fingerprint density at radius 1 is 1.48 bits per heavy atom. The van der Waals surface area contributed by atoms with Crippen molar-refractivity contribution >= 4 is 23.2 Å². The molecule has 5 nitrogen and oxygen atoms in total. The quantitative estimate of drug-likeness (QED) is 0.473. The lowest BCUT2D eigenvalue weighted by atomic mass is 10.2. The molecule has 0 fully saturated rings. The first kappa shape index (κ1) is 17.2. The molecule has 0 saturated heterocycles. The fourth-order valence-corrected chi connectivity index (χ4v) is 2.57. The predicted octanol–water partition coefficient (Wildman–Crippen LogP) is 1.44. The normalized spacial score (nSPS) is 9.67. The Labute approximate surface area is 128 Å². The molecular weight excluding hydrogens is 288 g/mol. The maximum atomic E-state index is 12.0. The Hall–Kier alpha value is -1.84. The van der Waals surface area contributed by atoms with Gasteiger partial charge < -0.3 is 15.8 Å². The molecule has 0 atom stereocenters. The molecule has 6 heteroatoms. The summed E-state index contributed by atoms with van der Waals surface area (Å²) in [4.78, 5) is 24.6. The lowest BCUT2D eigenvalue weighted by Gasteiger charge is -2.03. The highest BCUT2D eigenvalue weighted by Gasteiger charge is 2.11. The first-order valence-electron chi connectivity index (χ1n) is 6.81. The average molecular weight is 308 g/mol. The van der Waals surface area contributed by atoms with E-state index in [1.54, 1.807) is 6.92 Å². The number of hydrogen-bond donors (Lipinski definition) is 2. The molecule has 0 aliphatic carbocycles. The molecule has 0 bridgehead atoms. The van der Waals surface area contributed by atoms with Gasteiger partial charge in [0.05, 0.1) is 22.9 Å². The van der Waals surface area contributed by atoms with Crippen molar-refractivity contribution in [3.63, 3.8) is 0 Å². The van der Waals surface area contributed by atoms with E-state index in [0.29, 0.717) is 37.4 Å². The largest absolute Gasteiger partial charge is 0.466 e. The molecule has 0 spiro atoms.